The Morgan fingerprint density at radius 2 is 2.11 bits per heavy atom. The lowest BCUT2D eigenvalue weighted by Crippen LogP contribution is -2.50. The van der Waals surface area contributed by atoms with Gasteiger partial charge >= 0.3 is 5.97 Å². The first-order chi connectivity index (χ1) is 9.22. The molecule has 19 heavy (non-hydrogen) atoms. The Bertz CT molecular complexity index is 375. The van der Waals surface area contributed by atoms with Gasteiger partial charge in [0.25, 0.3) is 0 Å². The highest BCUT2D eigenvalue weighted by atomic mass is 16.5. The van der Waals surface area contributed by atoms with E-state index in [2.05, 4.69) is 10.2 Å². The zero-order valence-corrected chi connectivity index (χ0v) is 11.4. The Labute approximate surface area is 113 Å². The highest BCUT2D eigenvalue weighted by molar-refractivity contribution is 5.85. The van der Waals surface area contributed by atoms with Crippen LogP contribution in [0, 0.1) is 0 Å². The monoisotopic (exact) mass is 267 g/mol. The number of amides is 1. The molecule has 0 aliphatic carbocycles. The summed E-state index contributed by atoms with van der Waals surface area (Å²) in [6.45, 7) is 4.19. The van der Waals surface area contributed by atoms with Crippen LogP contribution in [0.5, 0.6) is 0 Å². The van der Waals surface area contributed by atoms with E-state index in [9.17, 15) is 9.59 Å². The topological polar surface area (TPSA) is 61.9 Å². The average Bonchev–Trinajstić information content (AvgIpc) is 2.42. The van der Waals surface area contributed by atoms with Crippen LogP contribution in [0.2, 0.25) is 0 Å². The Balaban J connectivity index is 2.06. The number of rotatable bonds is 4. The molecule has 2 aliphatic rings. The summed E-state index contributed by atoms with van der Waals surface area (Å²) in [5, 5.41) is 2.97. The summed E-state index contributed by atoms with van der Waals surface area (Å²) in [5.41, 5.74) is 0. The zero-order chi connectivity index (χ0) is 13.7. The summed E-state index contributed by atoms with van der Waals surface area (Å²) in [5.74, 6) is 0.348. The number of piperidine rings is 1. The third-order valence-electron chi connectivity index (χ3n) is 3.33. The van der Waals surface area contributed by atoms with Crippen LogP contribution < -0.4 is 5.32 Å². The Morgan fingerprint density at radius 1 is 1.37 bits per heavy atom. The Kier molecular flexibility index (Phi) is 4.65. The van der Waals surface area contributed by atoms with Crippen molar-refractivity contribution in [1.29, 1.82) is 0 Å². The molecule has 0 bridgehead atoms. The quantitative estimate of drug-likeness (QED) is 0.741. The second kappa shape index (κ2) is 6.45. The molecule has 0 saturated carbocycles. The predicted molar refractivity (Wildman–Crippen MR) is 69.9 cm³/mol. The molecule has 0 radical (unpaired) electrons. The fraction of sp³-hybridized carbons (Fsp3) is 0.692. The van der Waals surface area contributed by atoms with Crippen LogP contribution in [0.15, 0.2) is 12.0 Å². The number of esters is 1. The molecule has 6 nitrogen and oxygen atoms in total. The van der Waals surface area contributed by atoms with Gasteiger partial charge in [-0.2, -0.15) is 0 Å². The van der Waals surface area contributed by atoms with Crippen LogP contribution in [0.3, 0.4) is 0 Å². The van der Waals surface area contributed by atoms with Gasteiger partial charge in [0.2, 0.25) is 5.91 Å². The molecular weight excluding hydrogens is 246 g/mol. The van der Waals surface area contributed by atoms with Crippen LogP contribution in [-0.2, 0) is 14.3 Å². The lowest BCUT2D eigenvalue weighted by molar-refractivity contribution is -0.148. The van der Waals surface area contributed by atoms with Crippen molar-refractivity contribution in [2.45, 2.75) is 26.2 Å². The highest BCUT2D eigenvalue weighted by Gasteiger charge is 2.28. The summed E-state index contributed by atoms with van der Waals surface area (Å²) in [6.07, 6.45) is 5.30. The van der Waals surface area contributed by atoms with E-state index in [0.29, 0.717) is 6.61 Å². The van der Waals surface area contributed by atoms with Crippen LogP contribution in [0.4, 0.5) is 0 Å². The van der Waals surface area contributed by atoms with Crippen molar-refractivity contribution in [1.82, 2.24) is 15.1 Å². The number of likely N-dealkylation sites (tertiary alicyclic amines) is 1. The number of ether oxygens (including phenoxy) is 1. The Morgan fingerprint density at radius 3 is 2.79 bits per heavy atom. The zero-order valence-electron chi connectivity index (χ0n) is 11.4. The van der Waals surface area contributed by atoms with E-state index in [-0.39, 0.29) is 25.0 Å². The summed E-state index contributed by atoms with van der Waals surface area (Å²) >= 11 is 0. The molecule has 2 heterocycles. The third-order valence-corrected chi connectivity index (χ3v) is 3.33. The van der Waals surface area contributed by atoms with Crippen molar-refractivity contribution in [3.05, 3.63) is 12.0 Å². The van der Waals surface area contributed by atoms with E-state index >= 15 is 0 Å². The number of hydrogen-bond donors (Lipinski definition) is 1. The molecule has 1 N–H and O–H groups in total. The fourth-order valence-electron chi connectivity index (χ4n) is 2.42. The summed E-state index contributed by atoms with van der Waals surface area (Å²) < 4.78 is 4.93. The van der Waals surface area contributed by atoms with Crippen molar-refractivity contribution >= 4 is 11.9 Å². The summed E-state index contributed by atoms with van der Waals surface area (Å²) in [7, 11) is 0. The maximum atomic E-state index is 12.0. The van der Waals surface area contributed by atoms with Gasteiger partial charge in [-0.05, 0) is 26.2 Å². The van der Waals surface area contributed by atoms with Gasteiger partial charge in [0.05, 0.1) is 13.2 Å². The molecule has 0 aromatic heterocycles. The molecule has 1 amide bonds. The molecule has 0 spiro atoms. The van der Waals surface area contributed by atoms with Crippen molar-refractivity contribution in [2.24, 2.45) is 0 Å². The lowest BCUT2D eigenvalue weighted by Gasteiger charge is -2.38. The molecule has 0 aromatic carbocycles. The van der Waals surface area contributed by atoms with Gasteiger partial charge in [-0.1, -0.05) is 0 Å². The third kappa shape index (κ3) is 3.39. The van der Waals surface area contributed by atoms with E-state index in [0.717, 1.165) is 31.8 Å². The minimum absolute atomic E-state index is 0.00329. The van der Waals surface area contributed by atoms with Gasteiger partial charge in [0, 0.05) is 19.3 Å². The molecule has 0 atom stereocenters. The van der Waals surface area contributed by atoms with Gasteiger partial charge in [0.1, 0.15) is 12.4 Å². The summed E-state index contributed by atoms with van der Waals surface area (Å²) in [6, 6.07) is 0. The second-order valence-corrected chi connectivity index (χ2v) is 4.72. The first kappa shape index (κ1) is 13.7. The van der Waals surface area contributed by atoms with Crippen LogP contribution in [0.25, 0.3) is 0 Å². The van der Waals surface area contributed by atoms with Crippen LogP contribution in [0.1, 0.15) is 26.2 Å². The first-order valence-corrected chi connectivity index (χ1v) is 6.87. The standard InChI is InChI=1S/C13H21N3O3/c1-2-19-13(18)10-16-11(8-14-9-12(16)17)15-6-4-3-5-7-15/h8,14H,2-7,9-10H2,1H3. The minimum atomic E-state index is -0.361. The number of nitrogens with zero attached hydrogens (tertiary/aromatic N) is 2. The van der Waals surface area contributed by atoms with Gasteiger partial charge < -0.3 is 15.0 Å². The van der Waals surface area contributed by atoms with E-state index in [1.807, 2.05) is 6.20 Å². The molecule has 2 rings (SSSR count). The van der Waals surface area contributed by atoms with Gasteiger partial charge in [-0.3, -0.25) is 14.5 Å². The first-order valence-electron chi connectivity index (χ1n) is 6.87. The average molecular weight is 267 g/mol. The molecule has 0 aromatic rings. The molecule has 1 saturated heterocycles. The number of carbonyl (C=O) groups excluding carboxylic acids is 2. The minimum Gasteiger partial charge on any atom is -0.465 e. The molecule has 6 heteroatoms. The van der Waals surface area contributed by atoms with Gasteiger partial charge in [-0.25, -0.2) is 0 Å². The second-order valence-electron chi connectivity index (χ2n) is 4.72. The largest absolute Gasteiger partial charge is 0.465 e. The van der Waals surface area contributed by atoms with E-state index in [1.165, 1.54) is 11.3 Å². The Hall–Kier alpha value is -1.72. The van der Waals surface area contributed by atoms with Crippen molar-refractivity contribution in [3.8, 4) is 0 Å². The maximum Gasteiger partial charge on any atom is 0.326 e. The lowest BCUT2D eigenvalue weighted by atomic mass is 10.1. The van der Waals surface area contributed by atoms with Crippen molar-refractivity contribution in [3.63, 3.8) is 0 Å². The van der Waals surface area contributed by atoms with Crippen molar-refractivity contribution in [2.75, 3.05) is 32.8 Å². The molecule has 1 fully saturated rings. The SMILES string of the molecule is CCOC(=O)CN1C(=O)CNC=C1N1CCCCC1. The maximum absolute atomic E-state index is 12.0. The van der Waals surface area contributed by atoms with E-state index in [1.54, 1.807) is 6.92 Å². The summed E-state index contributed by atoms with van der Waals surface area (Å²) in [4.78, 5) is 27.3. The fourth-order valence-corrected chi connectivity index (χ4v) is 2.42. The normalized spacial score (nSPS) is 19.8. The molecule has 106 valence electrons. The number of carbonyl (C=O) groups is 2. The highest BCUT2D eigenvalue weighted by Crippen LogP contribution is 2.19. The smallest absolute Gasteiger partial charge is 0.326 e. The van der Waals surface area contributed by atoms with Crippen LogP contribution >= 0.6 is 0 Å². The molecular formula is C13H21N3O3. The van der Waals surface area contributed by atoms with E-state index in [4.69, 9.17) is 4.74 Å². The van der Waals surface area contributed by atoms with Crippen molar-refractivity contribution < 1.29 is 14.3 Å². The number of nitrogens with one attached hydrogen (secondary N) is 1. The van der Waals surface area contributed by atoms with Gasteiger partial charge in [0.15, 0.2) is 0 Å². The predicted octanol–water partition coefficient (Wildman–Crippen LogP) is 0.266. The molecule has 0 unspecified atom stereocenters. The van der Waals surface area contributed by atoms with Crippen LogP contribution in [-0.4, -0.2) is 54.5 Å². The van der Waals surface area contributed by atoms with E-state index < -0.39 is 0 Å². The van der Waals surface area contributed by atoms with Gasteiger partial charge in [-0.15, -0.1) is 0 Å². The molecule has 2 aliphatic heterocycles. The number of hydrogen-bond acceptors (Lipinski definition) is 5.